The molecule has 4 heteroatoms. The number of nitrogens with one attached hydrogen (secondary N) is 1. The summed E-state index contributed by atoms with van der Waals surface area (Å²) in [5.41, 5.74) is 8.04. The van der Waals surface area contributed by atoms with Gasteiger partial charge in [0.2, 0.25) is 0 Å². The number of rotatable bonds is 3. The molecule has 3 aromatic rings. The minimum atomic E-state index is -0.337. The van der Waals surface area contributed by atoms with Crippen LogP contribution in [0.3, 0.4) is 0 Å². The molecule has 0 bridgehead atoms. The van der Waals surface area contributed by atoms with Gasteiger partial charge >= 0.3 is 0 Å². The predicted octanol–water partition coefficient (Wildman–Crippen LogP) is 5.09. The zero-order valence-corrected chi connectivity index (χ0v) is 16.1. The molecule has 0 radical (unpaired) electrons. The van der Waals surface area contributed by atoms with Crippen LogP contribution in [0.5, 0.6) is 0 Å². The fourth-order valence-electron chi connectivity index (χ4n) is 3.83. The molecule has 2 heterocycles. The van der Waals surface area contributed by atoms with Crippen molar-refractivity contribution in [3.8, 4) is 0 Å². The second-order valence-electron chi connectivity index (χ2n) is 7.27. The maximum Gasteiger partial charge on any atom is 0.262 e. The maximum absolute atomic E-state index is 13.2. The average molecular weight is 357 g/mol. The van der Waals surface area contributed by atoms with E-state index < -0.39 is 0 Å². The van der Waals surface area contributed by atoms with Gasteiger partial charge in [-0.3, -0.25) is 14.7 Å². The van der Waals surface area contributed by atoms with Crippen LogP contribution in [0.25, 0.3) is 0 Å². The number of nitrogens with zero attached hydrogens (tertiary/aromatic N) is 2. The van der Waals surface area contributed by atoms with Gasteiger partial charge in [-0.1, -0.05) is 35.4 Å². The Morgan fingerprint density at radius 2 is 1.59 bits per heavy atom. The molecule has 1 N–H and O–H groups in total. The number of amides is 1. The Morgan fingerprint density at radius 1 is 0.926 bits per heavy atom. The van der Waals surface area contributed by atoms with E-state index in [9.17, 15) is 4.79 Å². The summed E-state index contributed by atoms with van der Waals surface area (Å²) in [6.45, 7) is 8.32. The first kappa shape index (κ1) is 17.3. The highest BCUT2D eigenvalue weighted by Gasteiger charge is 2.39. The molecule has 4 rings (SSSR count). The highest BCUT2D eigenvalue weighted by Crippen LogP contribution is 2.38. The van der Waals surface area contributed by atoms with Gasteiger partial charge in [-0.15, -0.1) is 0 Å². The number of hydrogen-bond donors (Lipinski definition) is 1. The van der Waals surface area contributed by atoms with Crippen molar-refractivity contribution in [1.82, 2.24) is 4.98 Å². The van der Waals surface area contributed by atoms with Crippen LogP contribution < -0.4 is 10.2 Å². The first-order valence-electron chi connectivity index (χ1n) is 9.15. The molecule has 1 amide bonds. The zero-order valence-electron chi connectivity index (χ0n) is 16.1. The smallest absolute Gasteiger partial charge is 0.262 e. The molecule has 0 spiro atoms. The Labute approximate surface area is 159 Å². The van der Waals surface area contributed by atoms with Crippen molar-refractivity contribution in [3.05, 3.63) is 88.2 Å². The Hall–Kier alpha value is -3.14. The predicted molar refractivity (Wildman–Crippen MR) is 109 cm³/mol. The SMILES string of the molecule is Cc1ccc(N2C(=O)c3cccnc3[C@H]2Nc2c(C)cc(C)cc2C)cc1. The van der Waals surface area contributed by atoms with Gasteiger partial charge in [-0.25, -0.2) is 0 Å². The Balaban J connectivity index is 1.82. The first-order valence-corrected chi connectivity index (χ1v) is 9.15. The molecular formula is C23H23N3O. The largest absolute Gasteiger partial charge is 0.359 e. The van der Waals surface area contributed by atoms with Crippen molar-refractivity contribution >= 4 is 17.3 Å². The third kappa shape index (κ3) is 2.97. The number of hydrogen-bond acceptors (Lipinski definition) is 3. The van der Waals surface area contributed by atoms with Gasteiger partial charge in [-0.2, -0.15) is 0 Å². The maximum atomic E-state index is 13.2. The molecule has 1 aromatic heterocycles. The summed E-state index contributed by atoms with van der Waals surface area (Å²) in [4.78, 5) is 19.5. The van der Waals surface area contributed by atoms with Gasteiger partial charge in [0.15, 0.2) is 6.17 Å². The van der Waals surface area contributed by atoms with Crippen molar-refractivity contribution in [2.75, 3.05) is 10.2 Å². The average Bonchev–Trinajstić information content (AvgIpc) is 2.91. The number of anilines is 2. The van der Waals surface area contributed by atoms with E-state index in [4.69, 9.17) is 0 Å². The molecule has 1 aliphatic rings. The monoisotopic (exact) mass is 357 g/mol. The quantitative estimate of drug-likeness (QED) is 0.710. The Morgan fingerprint density at radius 3 is 2.26 bits per heavy atom. The second-order valence-corrected chi connectivity index (χ2v) is 7.27. The summed E-state index contributed by atoms with van der Waals surface area (Å²) >= 11 is 0. The summed E-state index contributed by atoms with van der Waals surface area (Å²) in [7, 11) is 0. The van der Waals surface area contributed by atoms with Crippen LogP contribution in [0.4, 0.5) is 11.4 Å². The van der Waals surface area contributed by atoms with Crippen molar-refractivity contribution < 1.29 is 4.79 Å². The van der Waals surface area contributed by atoms with E-state index in [1.807, 2.05) is 43.3 Å². The summed E-state index contributed by atoms with van der Waals surface area (Å²) in [6, 6.07) is 16.0. The van der Waals surface area contributed by atoms with Gasteiger partial charge in [-0.05, 0) is 63.1 Å². The minimum absolute atomic E-state index is 0.0260. The first-order chi connectivity index (χ1) is 13.0. The van der Waals surface area contributed by atoms with Crippen molar-refractivity contribution in [3.63, 3.8) is 0 Å². The third-order valence-corrected chi connectivity index (χ3v) is 5.08. The highest BCUT2D eigenvalue weighted by atomic mass is 16.2. The van der Waals surface area contributed by atoms with Gasteiger partial charge < -0.3 is 5.32 Å². The van der Waals surface area contributed by atoms with E-state index in [0.717, 1.165) is 33.8 Å². The summed E-state index contributed by atoms with van der Waals surface area (Å²) < 4.78 is 0. The summed E-state index contributed by atoms with van der Waals surface area (Å²) in [5, 5.41) is 3.60. The van der Waals surface area contributed by atoms with Crippen LogP contribution in [-0.2, 0) is 0 Å². The van der Waals surface area contributed by atoms with E-state index in [-0.39, 0.29) is 12.1 Å². The van der Waals surface area contributed by atoms with Gasteiger partial charge in [0.25, 0.3) is 5.91 Å². The number of aromatic nitrogens is 1. The highest BCUT2D eigenvalue weighted by molar-refractivity contribution is 6.11. The fourth-order valence-corrected chi connectivity index (χ4v) is 3.83. The number of aryl methyl sites for hydroxylation is 4. The van der Waals surface area contributed by atoms with Crippen molar-refractivity contribution in [1.29, 1.82) is 0 Å². The second kappa shape index (κ2) is 6.54. The molecule has 0 saturated heterocycles. The standard InChI is InChI=1S/C23H23N3O/c1-14-7-9-18(10-8-14)26-22(21-19(23(26)27)6-5-11-24-21)25-20-16(3)12-15(2)13-17(20)4/h5-13,22,25H,1-4H3/t22-/m0/s1. The van der Waals surface area contributed by atoms with E-state index in [0.29, 0.717) is 5.56 Å². The molecule has 27 heavy (non-hydrogen) atoms. The number of pyridine rings is 1. The summed E-state index contributed by atoms with van der Waals surface area (Å²) in [6.07, 6.45) is 1.41. The van der Waals surface area contributed by atoms with Gasteiger partial charge in [0.05, 0.1) is 11.3 Å². The van der Waals surface area contributed by atoms with Crippen LogP contribution in [0.1, 0.15) is 44.5 Å². The Bertz CT molecular complexity index is 1000. The van der Waals surface area contributed by atoms with Crippen LogP contribution in [0, 0.1) is 27.7 Å². The van der Waals surface area contributed by atoms with E-state index in [2.05, 4.69) is 43.2 Å². The molecule has 0 aliphatic carbocycles. The van der Waals surface area contributed by atoms with E-state index >= 15 is 0 Å². The number of carbonyl (C=O) groups excluding carboxylic acids is 1. The van der Waals surface area contributed by atoms with Crippen LogP contribution in [-0.4, -0.2) is 10.9 Å². The zero-order chi connectivity index (χ0) is 19.1. The van der Waals surface area contributed by atoms with Crippen LogP contribution in [0.2, 0.25) is 0 Å². The third-order valence-electron chi connectivity index (χ3n) is 5.08. The topological polar surface area (TPSA) is 45.2 Å². The van der Waals surface area contributed by atoms with Crippen LogP contribution >= 0.6 is 0 Å². The molecule has 1 atom stereocenters. The minimum Gasteiger partial charge on any atom is -0.359 e. The van der Waals surface area contributed by atoms with E-state index in [1.165, 1.54) is 5.56 Å². The molecule has 0 saturated carbocycles. The molecular weight excluding hydrogens is 334 g/mol. The fraction of sp³-hybridized carbons (Fsp3) is 0.217. The lowest BCUT2D eigenvalue weighted by molar-refractivity contribution is 0.0993. The van der Waals surface area contributed by atoms with Gasteiger partial charge in [0, 0.05) is 17.6 Å². The molecule has 0 fully saturated rings. The number of benzene rings is 2. The molecule has 1 aliphatic heterocycles. The number of carbonyl (C=O) groups is 1. The molecule has 4 nitrogen and oxygen atoms in total. The molecule has 0 unspecified atom stereocenters. The normalized spacial score (nSPS) is 15.8. The lowest BCUT2D eigenvalue weighted by Gasteiger charge is -2.28. The number of fused-ring (bicyclic) bond motifs is 1. The Kier molecular flexibility index (Phi) is 4.19. The van der Waals surface area contributed by atoms with Gasteiger partial charge in [0.1, 0.15) is 0 Å². The lowest BCUT2D eigenvalue weighted by atomic mass is 10.0. The van der Waals surface area contributed by atoms with Crippen molar-refractivity contribution in [2.45, 2.75) is 33.9 Å². The van der Waals surface area contributed by atoms with E-state index in [1.54, 1.807) is 11.1 Å². The van der Waals surface area contributed by atoms with Crippen LogP contribution in [0.15, 0.2) is 54.7 Å². The lowest BCUT2D eigenvalue weighted by Crippen LogP contribution is -2.32. The molecule has 2 aromatic carbocycles. The van der Waals surface area contributed by atoms with Crippen molar-refractivity contribution in [2.24, 2.45) is 0 Å². The summed E-state index contributed by atoms with van der Waals surface area (Å²) in [5.74, 6) is -0.0260. The molecule has 136 valence electrons.